The van der Waals surface area contributed by atoms with E-state index in [9.17, 15) is 14.7 Å². The zero-order valence-corrected chi connectivity index (χ0v) is 19.7. The molecule has 0 radical (unpaired) electrons. The van der Waals surface area contributed by atoms with Gasteiger partial charge in [0.1, 0.15) is 12.4 Å². The van der Waals surface area contributed by atoms with Gasteiger partial charge in [0.05, 0.1) is 18.5 Å². The van der Waals surface area contributed by atoms with Crippen LogP contribution < -0.4 is 5.32 Å². The van der Waals surface area contributed by atoms with Crippen LogP contribution in [0.1, 0.15) is 38.1 Å². The van der Waals surface area contributed by atoms with E-state index in [1.54, 1.807) is 0 Å². The van der Waals surface area contributed by atoms with Crippen molar-refractivity contribution in [3.63, 3.8) is 0 Å². The summed E-state index contributed by atoms with van der Waals surface area (Å²) in [6, 6.07) is 4.14. The Morgan fingerprint density at radius 3 is 2.21 bits per heavy atom. The number of carbonyl (C=O) groups excluding carboxylic acids is 1. The molecule has 1 amide bonds. The van der Waals surface area contributed by atoms with Crippen LogP contribution in [0.3, 0.4) is 0 Å². The number of aliphatic carboxylic acids is 1. The van der Waals surface area contributed by atoms with Gasteiger partial charge >= 0.3 is 34.4 Å². The van der Waals surface area contributed by atoms with Gasteiger partial charge in [-0.25, -0.2) is 9.59 Å². The molecule has 0 saturated heterocycles. The Balaban J connectivity index is 0.000000846. The maximum Gasteiger partial charge on any atom is 1.00 e. The van der Waals surface area contributed by atoms with Gasteiger partial charge < -0.3 is 31.6 Å². The Morgan fingerprint density at radius 2 is 1.79 bits per heavy atom. The number of phenolic OH excluding ortho intramolecular Hbond substituents is 1. The molecule has 1 atom stereocenters. The normalized spacial score (nSPS) is 10.9. The maximum atomic E-state index is 11.6. The van der Waals surface area contributed by atoms with Gasteiger partial charge in [0.15, 0.2) is 6.04 Å². The Kier molecular flexibility index (Phi) is 14.0. The zero-order valence-electron chi connectivity index (χ0n) is 16.5. The van der Waals surface area contributed by atoms with E-state index in [-0.39, 0.29) is 42.7 Å². The molecule has 1 heterocycles. The summed E-state index contributed by atoms with van der Waals surface area (Å²) in [6.07, 6.45) is 5.89. The van der Waals surface area contributed by atoms with E-state index in [0.717, 1.165) is 0 Å². The number of amides is 1. The predicted molar refractivity (Wildman–Crippen MR) is 107 cm³/mol. The average molecular weight is 607 g/mol. The first-order valence-electron chi connectivity index (χ1n) is 8.97. The number of H-pyrrole nitrogens is 1. The van der Waals surface area contributed by atoms with E-state index in [2.05, 4.69) is 47.7 Å². The smallest absolute Gasteiger partial charge is 0.508 e. The molecule has 11 heteroatoms. The van der Waals surface area contributed by atoms with Gasteiger partial charge in [-0.2, -0.15) is 0 Å². The number of alkyl carbamates (subject to hydrolysis) is 1. The number of aromatic nitrogens is 3. The van der Waals surface area contributed by atoms with Gasteiger partial charge in [-0.1, -0.05) is 17.8 Å². The van der Waals surface area contributed by atoms with Crippen LogP contribution in [0, 0.1) is 6.20 Å². The Hall–Kier alpha value is -1.93. The number of aromatic amines is 1. The monoisotopic (exact) mass is 607 g/mol. The summed E-state index contributed by atoms with van der Waals surface area (Å²) in [6.45, 7) is 6.75. The third kappa shape index (κ3) is 10.4. The van der Waals surface area contributed by atoms with Crippen molar-refractivity contribution < 1.29 is 46.9 Å². The number of hydrogen-bond acceptors (Lipinski definition) is 6. The first-order valence-corrected chi connectivity index (χ1v) is 11.1. The Labute approximate surface area is 186 Å². The van der Waals surface area contributed by atoms with Gasteiger partial charge in [-0.05, 0) is 46.4 Å². The molecule has 0 unspecified atom stereocenters. The maximum absolute atomic E-state index is 11.6. The molecule has 0 bridgehead atoms. The molecule has 164 valence electrons. The first kappa shape index (κ1) is 27.1. The number of carboxylic acids is 1. The fourth-order valence-electron chi connectivity index (χ4n) is 2.26. The number of ether oxygens (including phenoxy) is 1. The summed E-state index contributed by atoms with van der Waals surface area (Å²) in [7, 11) is 0.137. The average Bonchev–Trinajstić information content (AvgIpc) is 3.21. The van der Waals surface area contributed by atoms with Gasteiger partial charge in [0.25, 0.3) is 0 Å². The van der Waals surface area contributed by atoms with Crippen molar-refractivity contribution in [3.8, 4) is 5.75 Å². The van der Waals surface area contributed by atoms with Crippen LogP contribution in [0.2, 0.25) is 0 Å². The molecule has 9 nitrogen and oxygen atoms in total. The summed E-state index contributed by atoms with van der Waals surface area (Å²) >= 11 is 0. The van der Waals surface area contributed by atoms with Gasteiger partial charge in [0, 0.05) is 0 Å². The largest absolute Gasteiger partial charge is 1.00 e. The van der Waals surface area contributed by atoms with Crippen molar-refractivity contribution in [2.45, 2.75) is 33.4 Å². The first-order chi connectivity index (χ1) is 13.4. The van der Waals surface area contributed by atoms with Crippen LogP contribution in [0.15, 0.2) is 24.3 Å². The second-order valence-corrected chi connectivity index (χ2v) is 9.42. The van der Waals surface area contributed by atoms with Crippen LogP contribution in [0.25, 0.3) is 0 Å². The van der Waals surface area contributed by atoms with E-state index in [1.807, 2.05) is 0 Å². The minimum Gasteiger partial charge on any atom is -0.508 e. The van der Waals surface area contributed by atoms with E-state index < -0.39 is 18.1 Å². The molecule has 0 fully saturated rings. The molecule has 1 aromatic heterocycles. The Morgan fingerprint density at radius 1 is 1.21 bits per heavy atom. The number of rotatable bonds is 8. The number of benzene rings is 1. The number of nitrogens with zero attached hydrogens (tertiary/aromatic N) is 2. The molecule has 0 spiro atoms. The van der Waals surface area contributed by atoms with Gasteiger partial charge in [0.2, 0.25) is 0 Å². The Bertz CT molecular complexity index is 706. The van der Waals surface area contributed by atoms with Crippen molar-refractivity contribution >= 4 is 20.0 Å². The standard InChI is InChI=1S/C12H11N4O5.C6H15P.Au/c17-9-3-1-7(2-4-9)10(11(18)19)14-12(20)21-6-8-5-13-16-15-8;1-4-7(5-2)6-3;/h1-4,10,17H,6H2,(H,14,20)(H,18,19)(H,13,15,16);4-6H2,1-3H3;/q-1;;+1/p+1/t10-;;/m1../s1. The summed E-state index contributed by atoms with van der Waals surface area (Å²) < 4.78 is 4.81. The van der Waals surface area contributed by atoms with E-state index in [0.29, 0.717) is 11.3 Å². The summed E-state index contributed by atoms with van der Waals surface area (Å²) in [5.74, 6) is -1.26. The minimum atomic E-state index is -1.29. The predicted octanol–water partition coefficient (Wildman–Crippen LogP) is 2.62. The molecule has 29 heavy (non-hydrogen) atoms. The van der Waals surface area contributed by atoms with Gasteiger partial charge in [-0.3, -0.25) is 5.10 Å². The summed E-state index contributed by atoms with van der Waals surface area (Å²) in [5, 5.41) is 29.7. The molecular weight excluding hydrogens is 580 g/mol. The molecule has 1 aromatic carbocycles. The van der Waals surface area contributed by atoms with Crippen LogP contribution in [0.5, 0.6) is 5.75 Å². The summed E-state index contributed by atoms with van der Waals surface area (Å²) in [4.78, 5) is 22.8. The van der Waals surface area contributed by atoms with E-state index in [4.69, 9.17) is 9.84 Å². The van der Waals surface area contributed by atoms with Crippen molar-refractivity contribution in [1.29, 1.82) is 0 Å². The molecule has 0 saturated carbocycles. The molecule has 0 aliphatic rings. The number of phenols is 1. The molecule has 2 aromatic rings. The van der Waals surface area contributed by atoms with Crippen LogP contribution in [-0.4, -0.2) is 56.2 Å². The fourth-order valence-corrected chi connectivity index (χ4v) is 3.76. The number of hydrogen-bond donors (Lipinski definition) is 4. The second kappa shape index (κ2) is 15.0. The van der Waals surface area contributed by atoms with E-state index >= 15 is 0 Å². The van der Waals surface area contributed by atoms with Gasteiger partial charge in [-0.15, -0.1) is 5.21 Å². The van der Waals surface area contributed by atoms with Crippen LogP contribution >= 0.6 is 7.92 Å². The number of carbonyl (C=O) groups is 2. The molecule has 0 aliphatic heterocycles. The molecule has 0 aliphatic carbocycles. The van der Waals surface area contributed by atoms with E-state index in [1.165, 1.54) is 42.8 Å². The topological polar surface area (TPSA) is 137 Å². The third-order valence-corrected chi connectivity index (χ3v) is 7.00. The molecular formula is C18H27AuN4O5P+. The fraction of sp³-hybridized carbons (Fsp3) is 0.444. The summed E-state index contributed by atoms with van der Waals surface area (Å²) in [5.41, 5.74) is 0.647. The quantitative estimate of drug-likeness (QED) is 0.206. The third-order valence-electron chi connectivity index (χ3n) is 4.00. The SMILES string of the molecule is CC[PH+](CC)CC.O=C(N[C@@H](C(=O)O)c1ccc(O)cc1)OCc1[c-]nn[nH]1.[Au+]. The number of nitrogens with one attached hydrogen (secondary N) is 2. The molecule has 4 N–H and O–H groups in total. The second-order valence-electron chi connectivity index (χ2n) is 5.80. The number of aromatic hydroxyl groups is 1. The van der Waals surface area contributed by atoms with Crippen LogP contribution in [0.4, 0.5) is 4.79 Å². The minimum absolute atomic E-state index is 0. The number of carboxylic acid groups (broad SMARTS) is 1. The van der Waals surface area contributed by atoms with Crippen molar-refractivity contribution in [3.05, 3.63) is 41.7 Å². The van der Waals surface area contributed by atoms with Crippen LogP contribution in [-0.2, 0) is 38.5 Å². The molecule has 2 rings (SSSR count). The van der Waals surface area contributed by atoms with Crippen molar-refractivity contribution in [1.82, 2.24) is 20.7 Å². The van der Waals surface area contributed by atoms with Crippen molar-refractivity contribution in [2.75, 3.05) is 18.5 Å². The van der Waals surface area contributed by atoms with Crippen molar-refractivity contribution in [2.24, 2.45) is 0 Å². The zero-order chi connectivity index (χ0) is 20.9.